The second kappa shape index (κ2) is 10.0. The highest BCUT2D eigenvalue weighted by Crippen LogP contribution is 2.40. The number of aromatic nitrogens is 2. The van der Waals surface area contributed by atoms with Crippen molar-refractivity contribution in [2.75, 3.05) is 44.8 Å². The Morgan fingerprint density at radius 3 is 2.69 bits per heavy atom. The van der Waals surface area contributed by atoms with Gasteiger partial charge >= 0.3 is 0 Å². The van der Waals surface area contributed by atoms with Gasteiger partial charge < -0.3 is 14.8 Å². The molecule has 0 bridgehead atoms. The summed E-state index contributed by atoms with van der Waals surface area (Å²) < 4.78 is 11.4. The first-order valence-electron chi connectivity index (χ1n) is 12.4. The second-order valence-electron chi connectivity index (χ2n) is 9.18. The van der Waals surface area contributed by atoms with E-state index in [1.807, 2.05) is 48.5 Å². The maximum absolute atomic E-state index is 13.1. The highest BCUT2D eigenvalue weighted by atomic mass is 16.5. The molecular formula is C29H28N4O3. The Bertz CT molecular complexity index is 1390. The molecule has 7 nitrogen and oxygen atoms in total. The van der Waals surface area contributed by atoms with E-state index in [0.717, 1.165) is 78.3 Å². The number of hydrogen-bond acceptors (Lipinski definition) is 6. The van der Waals surface area contributed by atoms with E-state index in [-0.39, 0.29) is 5.91 Å². The van der Waals surface area contributed by atoms with Crippen molar-refractivity contribution in [2.24, 2.45) is 0 Å². The molecule has 6 rings (SSSR count). The largest absolute Gasteiger partial charge is 0.493 e. The van der Waals surface area contributed by atoms with Gasteiger partial charge in [0.1, 0.15) is 18.0 Å². The van der Waals surface area contributed by atoms with Crippen LogP contribution < -0.4 is 10.1 Å². The molecule has 1 unspecified atom stereocenters. The van der Waals surface area contributed by atoms with Gasteiger partial charge in [0.05, 0.1) is 31.0 Å². The molecule has 1 aromatic heterocycles. The van der Waals surface area contributed by atoms with Crippen LogP contribution in [-0.4, -0.2) is 60.2 Å². The van der Waals surface area contributed by atoms with Crippen LogP contribution in [0, 0.1) is 0 Å². The summed E-state index contributed by atoms with van der Waals surface area (Å²) in [5.41, 5.74) is 5.43. The lowest BCUT2D eigenvalue weighted by Gasteiger charge is -2.26. The van der Waals surface area contributed by atoms with E-state index >= 15 is 0 Å². The summed E-state index contributed by atoms with van der Waals surface area (Å²) >= 11 is 0. The molecule has 1 fully saturated rings. The van der Waals surface area contributed by atoms with Crippen LogP contribution >= 0.6 is 0 Å². The van der Waals surface area contributed by atoms with Crippen molar-refractivity contribution in [3.05, 3.63) is 84.3 Å². The lowest BCUT2D eigenvalue weighted by atomic mass is 9.92. The molecule has 0 saturated carbocycles. The maximum Gasteiger partial charge on any atom is 0.238 e. The lowest BCUT2D eigenvalue weighted by Crippen LogP contribution is -2.37. The average molecular weight is 481 g/mol. The van der Waals surface area contributed by atoms with Gasteiger partial charge in [0.15, 0.2) is 0 Å². The highest BCUT2D eigenvalue weighted by molar-refractivity contribution is 6.07. The number of anilines is 1. The Hall–Kier alpha value is -3.81. The van der Waals surface area contributed by atoms with Gasteiger partial charge in [-0.1, -0.05) is 42.5 Å². The first-order valence-corrected chi connectivity index (χ1v) is 12.4. The molecule has 1 atom stereocenters. The molecule has 7 heteroatoms. The zero-order valence-corrected chi connectivity index (χ0v) is 20.0. The van der Waals surface area contributed by atoms with E-state index in [4.69, 9.17) is 9.47 Å². The predicted molar refractivity (Wildman–Crippen MR) is 139 cm³/mol. The summed E-state index contributed by atoms with van der Waals surface area (Å²) in [5, 5.41) is 3.92. The van der Waals surface area contributed by atoms with Gasteiger partial charge in [0.2, 0.25) is 5.91 Å². The number of carbonyl (C=O) groups is 1. The summed E-state index contributed by atoms with van der Waals surface area (Å²) in [6.07, 6.45) is 2.49. The number of hydrogen-bond donors (Lipinski definition) is 1. The van der Waals surface area contributed by atoms with Crippen molar-refractivity contribution in [1.29, 1.82) is 0 Å². The van der Waals surface area contributed by atoms with Crippen LogP contribution in [-0.2, 0) is 9.53 Å². The molecule has 4 aromatic rings. The first-order chi connectivity index (χ1) is 17.8. The Balaban J connectivity index is 1.21. The number of carbonyl (C=O) groups excluding carboxylic acids is 1. The molecule has 0 spiro atoms. The molecule has 3 aromatic carbocycles. The van der Waals surface area contributed by atoms with Crippen molar-refractivity contribution < 1.29 is 14.3 Å². The standard InChI is InChI=1S/C29H28N4O3/c34-29-27(23-9-7-21(17-26(23)32-29)20-5-2-1-3-6-20)28-24-10-8-22(18-25(24)30-19-31-28)36-14-4-11-33-12-15-35-16-13-33/h1-3,5-10,17-19,27H,4,11-16H2,(H,32,34). The fraction of sp³-hybridized carbons (Fsp3) is 0.276. The normalized spacial score (nSPS) is 17.7. The van der Waals surface area contributed by atoms with Crippen molar-refractivity contribution >= 4 is 22.5 Å². The van der Waals surface area contributed by atoms with Gasteiger partial charge in [-0.25, -0.2) is 9.97 Å². The maximum atomic E-state index is 13.1. The molecule has 1 amide bonds. The Labute approximate surface area is 210 Å². The van der Waals surface area contributed by atoms with Crippen molar-refractivity contribution in [3.63, 3.8) is 0 Å². The van der Waals surface area contributed by atoms with E-state index in [1.165, 1.54) is 6.33 Å². The van der Waals surface area contributed by atoms with Crippen molar-refractivity contribution in [2.45, 2.75) is 12.3 Å². The number of fused-ring (bicyclic) bond motifs is 2. The van der Waals surface area contributed by atoms with Crippen LogP contribution in [0.25, 0.3) is 22.0 Å². The van der Waals surface area contributed by atoms with Crippen LogP contribution in [0.2, 0.25) is 0 Å². The Morgan fingerprint density at radius 1 is 0.972 bits per heavy atom. The van der Waals surface area contributed by atoms with Gasteiger partial charge in [-0.05, 0) is 41.3 Å². The number of nitrogens with one attached hydrogen (secondary N) is 1. The number of rotatable bonds is 7. The number of morpholine rings is 1. The molecule has 3 heterocycles. The number of ether oxygens (including phenoxy) is 2. The molecular weight excluding hydrogens is 452 g/mol. The molecule has 1 N–H and O–H groups in total. The number of nitrogens with zero attached hydrogens (tertiary/aromatic N) is 3. The van der Waals surface area contributed by atoms with E-state index in [0.29, 0.717) is 12.3 Å². The minimum absolute atomic E-state index is 0.0707. The molecule has 0 radical (unpaired) electrons. The van der Waals surface area contributed by atoms with Crippen molar-refractivity contribution in [3.8, 4) is 16.9 Å². The summed E-state index contributed by atoms with van der Waals surface area (Å²) in [4.78, 5) is 24.5. The van der Waals surface area contributed by atoms with E-state index in [1.54, 1.807) is 0 Å². The van der Waals surface area contributed by atoms with Crippen LogP contribution in [0.4, 0.5) is 5.69 Å². The lowest BCUT2D eigenvalue weighted by molar-refractivity contribution is -0.116. The van der Waals surface area contributed by atoms with Gasteiger partial charge in [-0.3, -0.25) is 9.69 Å². The van der Waals surface area contributed by atoms with Crippen molar-refractivity contribution in [1.82, 2.24) is 14.9 Å². The zero-order valence-electron chi connectivity index (χ0n) is 20.0. The topological polar surface area (TPSA) is 76.6 Å². The molecule has 1 saturated heterocycles. The van der Waals surface area contributed by atoms with Gasteiger partial charge in [0, 0.05) is 36.8 Å². The Morgan fingerprint density at radius 2 is 1.83 bits per heavy atom. The van der Waals surface area contributed by atoms with Crippen LogP contribution in [0.3, 0.4) is 0 Å². The van der Waals surface area contributed by atoms with E-state index in [9.17, 15) is 4.79 Å². The third-order valence-electron chi connectivity index (χ3n) is 6.89. The van der Waals surface area contributed by atoms with E-state index < -0.39 is 5.92 Å². The molecule has 2 aliphatic rings. The SMILES string of the molecule is O=C1Nc2cc(-c3ccccc3)ccc2C1c1ncnc2cc(OCCCN3CCOCC3)ccc12. The fourth-order valence-corrected chi connectivity index (χ4v) is 5.02. The van der Waals surface area contributed by atoms with E-state index in [2.05, 4.69) is 38.4 Å². The summed E-state index contributed by atoms with van der Waals surface area (Å²) in [6.45, 7) is 5.24. The summed E-state index contributed by atoms with van der Waals surface area (Å²) in [5.74, 6) is 0.229. The number of benzene rings is 3. The first kappa shape index (κ1) is 22.6. The smallest absolute Gasteiger partial charge is 0.238 e. The summed E-state index contributed by atoms with van der Waals surface area (Å²) in [7, 11) is 0. The summed E-state index contributed by atoms with van der Waals surface area (Å²) in [6, 6.07) is 22.1. The third-order valence-corrected chi connectivity index (χ3v) is 6.89. The minimum atomic E-state index is -0.476. The number of amides is 1. The minimum Gasteiger partial charge on any atom is -0.493 e. The monoisotopic (exact) mass is 480 g/mol. The fourth-order valence-electron chi connectivity index (χ4n) is 5.02. The molecule has 0 aliphatic carbocycles. The average Bonchev–Trinajstić information content (AvgIpc) is 3.26. The molecule has 2 aliphatic heterocycles. The van der Waals surface area contributed by atoms with Crippen LogP contribution in [0.1, 0.15) is 23.6 Å². The highest BCUT2D eigenvalue weighted by Gasteiger charge is 2.34. The second-order valence-corrected chi connectivity index (χ2v) is 9.18. The van der Waals surface area contributed by atoms with Crippen LogP contribution in [0.5, 0.6) is 5.75 Å². The van der Waals surface area contributed by atoms with Gasteiger partial charge in [-0.2, -0.15) is 0 Å². The van der Waals surface area contributed by atoms with Crippen LogP contribution in [0.15, 0.2) is 73.1 Å². The third kappa shape index (κ3) is 4.55. The molecule has 36 heavy (non-hydrogen) atoms. The zero-order chi connectivity index (χ0) is 24.3. The van der Waals surface area contributed by atoms with Gasteiger partial charge in [-0.15, -0.1) is 0 Å². The van der Waals surface area contributed by atoms with Gasteiger partial charge in [0.25, 0.3) is 0 Å². The quantitative estimate of drug-likeness (QED) is 0.393. The predicted octanol–water partition coefficient (Wildman–Crippen LogP) is 4.48. The Kier molecular flexibility index (Phi) is 6.32. The molecule has 182 valence electrons.